The van der Waals surface area contributed by atoms with Crippen molar-refractivity contribution in [2.45, 2.75) is 6.61 Å². The van der Waals surface area contributed by atoms with Crippen LogP contribution in [0.25, 0.3) is 0 Å². The van der Waals surface area contributed by atoms with Gasteiger partial charge >= 0.3 is 0 Å². The molecular formula is C23H23NO4. The van der Waals surface area contributed by atoms with Crippen LogP contribution in [0.4, 0.5) is 5.69 Å². The van der Waals surface area contributed by atoms with Gasteiger partial charge in [-0.3, -0.25) is 4.79 Å². The van der Waals surface area contributed by atoms with Crippen molar-refractivity contribution in [1.82, 2.24) is 0 Å². The fourth-order valence-electron chi connectivity index (χ4n) is 2.59. The van der Waals surface area contributed by atoms with Crippen LogP contribution >= 0.6 is 0 Å². The molecule has 0 radical (unpaired) electrons. The Morgan fingerprint density at radius 2 is 1.50 bits per heavy atom. The van der Waals surface area contributed by atoms with E-state index >= 15 is 0 Å². The number of amides is 1. The molecule has 0 saturated carbocycles. The lowest BCUT2D eigenvalue weighted by atomic mass is 10.2. The fraction of sp³-hybridized carbons (Fsp3) is 0.174. The number of carbonyl (C=O) groups is 1. The van der Waals surface area contributed by atoms with Crippen LogP contribution in [-0.2, 0) is 11.4 Å². The standard InChI is InChI=1S/C23H23NO4/c1-24(19-11-13-20(26-2)14-12-19)23(25)17-28-22-10-6-9-21(15-22)27-16-18-7-4-3-5-8-18/h3-15H,16-17H2,1-2H3. The maximum atomic E-state index is 12.4. The number of nitrogens with zero attached hydrogens (tertiary/aromatic N) is 1. The molecule has 0 N–H and O–H groups in total. The number of benzene rings is 3. The Morgan fingerprint density at radius 1 is 0.821 bits per heavy atom. The second kappa shape index (κ2) is 9.46. The molecule has 0 atom stereocenters. The largest absolute Gasteiger partial charge is 0.497 e. The number of ether oxygens (including phenoxy) is 3. The minimum absolute atomic E-state index is 0.0648. The first-order valence-corrected chi connectivity index (χ1v) is 8.96. The van der Waals surface area contributed by atoms with Gasteiger partial charge < -0.3 is 19.1 Å². The van der Waals surface area contributed by atoms with E-state index in [1.165, 1.54) is 0 Å². The molecule has 0 spiro atoms. The zero-order chi connectivity index (χ0) is 19.8. The number of hydrogen-bond acceptors (Lipinski definition) is 4. The summed E-state index contributed by atoms with van der Waals surface area (Å²) >= 11 is 0. The highest BCUT2D eigenvalue weighted by Crippen LogP contribution is 2.21. The molecule has 0 unspecified atom stereocenters. The Hall–Kier alpha value is -3.47. The predicted octanol–water partition coefficient (Wildman–Crippen LogP) is 4.32. The molecule has 0 heterocycles. The van der Waals surface area contributed by atoms with Crippen LogP contribution in [-0.4, -0.2) is 26.7 Å². The van der Waals surface area contributed by atoms with Gasteiger partial charge in [-0.1, -0.05) is 36.4 Å². The number of hydrogen-bond donors (Lipinski definition) is 0. The average molecular weight is 377 g/mol. The van der Waals surface area contributed by atoms with Gasteiger partial charge in [-0.2, -0.15) is 0 Å². The van der Waals surface area contributed by atoms with E-state index in [0.29, 0.717) is 18.1 Å². The van der Waals surface area contributed by atoms with E-state index in [2.05, 4.69) is 0 Å². The minimum Gasteiger partial charge on any atom is -0.497 e. The summed E-state index contributed by atoms with van der Waals surface area (Å²) in [5, 5.41) is 0. The number of likely N-dealkylation sites (N-methyl/N-ethyl adjacent to an activating group) is 1. The quantitative estimate of drug-likeness (QED) is 0.587. The normalized spacial score (nSPS) is 10.2. The third-order valence-corrected chi connectivity index (χ3v) is 4.25. The van der Waals surface area contributed by atoms with Gasteiger partial charge in [0.05, 0.1) is 7.11 Å². The maximum Gasteiger partial charge on any atom is 0.264 e. The molecule has 0 aliphatic carbocycles. The van der Waals surface area contributed by atoms with Gasteiger partial charge in [-0.25, -0.2) is 0 Å². The third-order valence-electron chi connectivity index (χ3n) is 4.25. The molecule has 0 saturated heterocycles. The first-order valence-electron chi connectivity index (χ1n) is 8.96. The number of carbonyl (C=O) groups excluding carboxylic acids is 1. The van der Waals surface area contributed by atoms with Crippen LogP contribution in [0, 0.1) is 0 Å². The van der Waals surface area contributed by atoms with Crippen LogP contribution in [0.3, 0.4) is 0 Å². The van der Waals surface area contributed by atoms with Crippen molar-refractivity contribution in [3.63, 3.8) is 0 Å². The van der Waals surface area contributed by atoms with Gasteiger partial charge in [-0.15, -0.1) is 0 Å². The Morgan fingerprint density at radius 3 is 2.18 bits per heavy atom. The summed E-state index contributed by atoms with van der Waals surface area (Å²) < 4.78 is 16.6. The van der Waals surface area contributed by atoms with E-state index in [4.69, 9.17) is 14.2 Å². The second-order valence-corrected chi connectivity index (χ2v) is 6.19. The van der Waals surface area contributed by atoms with Gasteiger partial charge in [0.2, 0.25) is 0 Å². The Balaban J connectivity index is 1.54. The smallest absolute Gasteiger partial charge is 0.264 e. The van der Waals surface area contributed by atoms with Crippen molar-refractivity contribution in [3.05, 3.63) is 84.4 Å². The lowest BCUT2D eigenvalue weighted by Crippen LogP contribution is -2.31. The summed E-state index contributed by atoms with van der Waals surface area (Å²) in [5.41, 5.74) is 1.86. The van der Waals surface area contributed by atoms with Crippen molar-refractivity contribution in [3.8, 4) is 17.2 Å². The van der Waals surface area contributed by atoms with E-state index in [1.807, 2.05) is 66.7 Å². The molecule has 0 aliphatic heterocycles. The van der Waals surface area contributed by atoms with E-state index in [1.54, 1.807) is 31.2 Å². The second-order valence-electron chi connectivity index (χ2n) is 6.19. The number of rotatable bonds is 8. The van der Waals surface area contributed by atoms with E-state index in [-0.39, 0.29) is 12.5 Å². The van der Waals surface area contributed by atoms with Crippen molar-refractivity contribution in [2.75, 3.05) is 25.7 Å². The Kier molecular flexibility index (Phi) is 6.52. The first kappa shape index (κ1) is 19.3. The summed E-state index contributed by atoms with van der Waals surface area (Å²) in [6, 6.07) is 24.5. The van der Waals surface area contributed by atoms with Gasteiger partial charge in [0.15, 0.2) is 6.61 Å². The van der Waals surface area contributed by atoms with Crippen LogP contribution in [0.5, 0.6) is 17.2 Å². The van der Waals surface area contributed by atoms with Gasteiger partial charge in [0.25, 0.3) is 5.91 Å². The molecule has 28 heavy (non-hydrogen) atoms. The highest BCUT2D eigenvalue weighted by molar-refractivity contribution is 5.93. The summed E-state index contributed by atoms with van der Waals surface area (Å²) in [6.45, 7) is 0.411. The molecule has 0 fully saturated rings. The molecule has 3 aromatic carbocycles. The summed E-state index contributed by atoms with van der Waals surface area (Å²) in [5.74, 6) is 1.87. The summed E-state index contributed by atoms with van der Waals surface area (Å²) in [6.07, 6.45) is 0. The van der Waals surface area contributed by atoms with Crippen molar-refractivity contribution in [2.24, 2.45) is 0 Å². The van der Waals surface area contributed by atoms with Crippen molar-refractivity contribution in [1.29, 1.82) is 0 Å². The predicted molar refractivity (Wildman–Crippen MR) is 109 cm³/mol. The molecule has 3 rings (SSSR count). The van der Waals surface area contributed by atoms with E-state index < -0.39 is 0 Å². The molecule has 0 aliphatic rings. The minimum atomic E-state index is -0.152. The molecule has 1 amide bonds. The van der Waals surface area contributed by atoms with E-state index in [0.717, 1.165) is 17.0 Å². The van der Waals surface area contributed by atoms with E-state index in [9.17, 15) is 4.79 Å². The number of methoxy groups -OCH3 is 1. The van der Waals surface area contributed by atoms with Gasteiger partial charge in [0.1, 0.15) is 23.9 Å². The summed E-state index contributed by atoms with van der Waals surface area (Å²) in [7, 11) is 3.32. The first-order chi connectivity index (χ1) is 13.7. The molecule has 5 nitrogen and oxygen atoms in total. The molecule has 5 heteroatoms. The molecule has 144 valence electrons. The molecular weight excluding hydrogens is 354 g/mol. The fourth-order valence-corrected chi connectivity index (χ4v) is 2.59. The lowest BCUT2D eigenvalue weighted by molar-refractivity contribution is -0.120. The molecule has 0 bridgehead atoms. The SMILES string of the molecule is COc1ccc(N(C)C(=O)COc2cccc(OCc3ccccc3)c2)cc1. The highest BCUT2D eigenvalue weighted by Gasteiger charge is 2.12. The monoisotopic (exact) mass is 377 g/mol. The molecule has 0 aromatic heterocycles. The molecule has 3 aromatic rings. The third kappa shape index (κ3) is 5.27. The van der Waals surface area contributed by atoms with Crippen molar-refractivity contribution < 1.29 is 19.0 Å². The Bertz CT molecular complexity index is 894. The van der Waals surface area contributed by atoms with Crippen LogP contribution in [0.15, 0.2) is 78.9 Å². The zero-order valence-corrected chi connectivity index (χ0v) is 16.0. The number of anilines is 1. The van der Waals surface area contributed by atoms with Crippen LogP contribution in [0.1, 0.15) is 5.56 Å². The maximum absolute atomic E-state index is 12.4. The highest BCUT2D eigenvalue weighted by atomic mass is 16.5. The zero-order valence-electron chi connectivity index (χ0n) is 16.0. The van der Waals surface area contributed by atoms with Crippen LogP contribution < -0.4 is 19.1 Å². The van der Waals surface area contributed by atoms with Gasteiger partial charge in [-0.05, 0) is 42.0 Å². The topological polar surface area (TPSA) is 48.0 Å². The lowest BCUT2D eigenvalue weighted by Gasteiger charge is -2.18. The van der Waals surface area contributed by atoms with Gasteiger partial charge in [0, 0.05) is 18.8 Å². The summed E-state index contributed by atoms with van der Waals surface area (Å²) in [4.78, 5) is 14.0. The average Bonchev–Trinajstić information content (AvgIpc) is 2.76. The van der Waals surface area contributed by atoms with Crippen LogP contribution in [0.2, 0.25) is 0 Å². The van der Waals surface area contributed by atoms with Crippen molar-refractivity contribution >= 4 is 11.6 Å². The Labute approximate surface area is 165 Å².